The van der Waals surface area contributed by atoms with E-state index in [1.807, 2.05) is 0 Å². The molecule has 0 aliphatic carbocycles. The molecular formula is C14H23N3O5S. The summed E-state index contributed by atoms with van der Waals surface area (Å²) in [5, 5.41) is 2.65. The van der Waals surface area contributed by atoms with Crippen LogP contribution in [0.15, 0.2) is 23.1 Å². The molecule has 1 rings (SSSR count). The molecule has 0 aliphatic rings. The second kappa shape index (κ2) is 8.70. The molecule has 130 valence electrons. The fourth-order valence-corrected chi connectivity index (χ4v) is 2.82. The predicted molar refractivity (Wildman–Crippen MR) is 86.0 cm³/mol. The van der Waals surface area contributed by atoms with Gasteiger partial charge in [0.15, 0.2) is 11.5 Å². The van der Waals surface area contributed by atoms with Gasteiger partial charge in [0.2, 0.25) is 15.9 Å². The average Bonchev–Trinajstić information content (AvgIpc) is 2.53. The van der Waals surface area contributed by atoms with Crippen LogP contribution in [0.4, 0.5) is 0 Å². The summed E-state index contributed by atoms with van der Waals surface area (Å²) in [5.74, 6) is 0.476. The van der Waals surface area contributed by atoms with Gasteiger partial charge in [0.05, 0.1) is 19.1 Å². The van der Waals surface area contributed by atoms with Gasteiger partial charge < -0.3 is 20.5 Å². The number of rotatable bonds is 9. The molecule has 0 heterocycles. The van der Waals surface area contributed by atoms with Crippen molar-refractivity contribution in [3.63, 3.8) is 0 Å². The summed E-state index contributed by atoms with van der Waals surface area (Å²) < 4.78 is 36.9. The lowest BCUT2D eigenvalue weighted by Crippen LogP contribution is -2.39. The van der Waals surface area contributed by atoms with E-state index in [0.29, 0.717) is 18.0 Å². The third-order valence-corrected chi connectivity index (χ3v) is 4.53. The van der Waals surface area contributed by atoms with E-state index in [2.05, 4.69) is 10.0 Å². The highest BCUT2D eigenvalue weighted by molar-refractivity contribution is 7.89. The maximum Gasteiger partial charge on any atom is 0.240 e. The third kappa shape index (κ3) is 5.70. The Hall–Kier alpha value is -1.84. The Morgan fingerprint density at radius 3 is 2.48 bits per heavy atom. The van der Waals surface area contributed by atoms with Crippen LogP contribution in [0.25, 0.3) is 0 Å². The van der Waals surface area contributed by atoms with Gasteiger partial charge in [0.1, 0.15) is 0 Å². The van der Waals surface area contributed by atoms with E-state index in [-0.39, 0.29) is 29.8 Å². The standard InChI is InChI=1S/C14H23N3O5S/c1-10(9-15)17-14(18)6-7-16-23(19,20)11-4-5-12(21-2)13(8-11)22-3/h4-5,8,10,16H,6-7,9,15H2,1-3H3,(H,17,18)/t10-/m0/s1. The van der Waals surface area contributed by atoms with Crippen LogP contribution in [0.2, 0.25) is 0 Å². The Morgan fingerprint density at radius 1 is 1.26 bits per heavy atom. The number of hydrogen-bond acceptors (Lipinski definition) is 6. The molecule has 1 atom stereocenters. The lowest BCUT2D eigenvalue weighted by atomic mass is 10.3. The van der Waals surface area contributed by atoms with Crippen LogP contribution < -0.4 is 25.2 Å². The first-order valence-corrected chi connectivity index (χ1v) is 8.53. The van der Waals surface area contributed by atoms with Crippen LogP contribution in [0.1, 0.15) is 13.3 Å². The minimum Gasteiger partial charge on any atom is -0.493 e. The third-order valence-electron chi connectivity index (χ3n) is 3.07. The molecule has 0 spiro atoms. The summed E-state index contributed by atoms with van der Waals surface area (Å²) in [6.45, 7) is 2.08. The zero-order valence-electron chi connectivity index (χ0n) is 13.5. The summed E-state index contributed by atoms with van der Waals surface area (Å²) in [4.78, 5) is 11.6. The molecule has 4 N–H and O–H groups in total. The topological polar surface area (TPSA) is 120 Å². The van der Waals surface area contributed by atoms with E-state index in [4.69, 9.17) is 15.2 Å². The summed E-state index contributed by atoms with van der Waals surface area (Å²) in [6.07, 6.45) is 0.0247. The number of hydrogen-bond donors (Lipinski definition) is 3. The van der Waals surface area contributed by atoms with E-state index in [0.717, 1.165) is 0 Å². The first-order valence-electron chi connectivity index (χ1n) is 7.05. The number of sulfonamides is 1. The number of nitrogens with two attached hydrogens (primary N) is 1. The fourth-order valence-electron chi connectivity index (χ4n) is 1.77. The smallest absolute Gasteiger partial charge is 0.240 e. The van der Waals surface area contributed by atoms with Crippen molar-refractivity contribution in [1.82, 2.24) is 10.0 Å². The molecule has 0 saturated carbocycles. The minimum atomic E-state index is -3.74. The first-order chi connectivity index (χ1) is 10.8. The van der Waals surface area contributed by atoms with Gasteiger partial charge in [-0.25, -0.2) is 13.1 Å². The quantitative estimate of drug-likeness (QED) is 0.572. The second-order valence-electron chi connectivity index (χ2n) is 4.87. The van der Waals surface area contributed by atoms with Crippen LogP contribution in [0, 0.1) is 0 Å². The van der Waals surface area contributed by atoms with Crippen LogP contribution >= 0.6 is 0 Å². The van der Waals surface area contributed by atoms with Gasteiger partial charge in [-0.1, -0.05) is 0 Å². The van der Waals surface area contributed by atoms with Crippen molar-refractivity contribution in [3.05, 3.63) is 18.2 Å². The zero-order valence-corrected chi connectivity index (χ0v) is 14.3. The molecule has 1 aromatic rings. The van der Waals surface area contributed by atoms with E-state index in [1.54, 1.807) is 6.92 Å². The summed E-state index contributed by atoms with van der Waals surface area (Å²) in [7, 11) is -0.853. The molecule has 8 nitrogen and oxygen atoms in total. The number of carbonyl (C=O) groups is 1. The average molecular weight is 345 g/mol. The molecule has 0 bridgehead atoms. The van der Waals surface area contributed by atoms with Crippen molar-refractivity contribution >= 4 is 15.9 Å². The molecule has 0 aromatic heterocycles. The van der Waals surface area contributed by atoms with Gasteiger partial charge in [0.25, 0.3) is 0 Å². The van der Waals surface area contributed by atoms with Gasteiger partial charge in [-0.2, -0.15) is 0 Å². The van der Waals surface area contributed by atoms with Crippen LogP contribution in [-0.4, -0.2) is 47.7 Å². The largest absolute Gasteiger partial charge is 0.493 e. The summed E-state index contributed by atoms with van der Waals surface area (Å²) in [6, 6.07) is 4.12. The highest BCUT2D eigenvalue weighted by Gasteiger charge is 2.17. The van der Waals surface area contributed by atoms with E-state index >= 15 is 0 Å². The first kappa shape index (κ1) is 19.2. The number of carbonyl (C=O) groups excluding carboxylic acids is 1. The molecule has 0 saturated heterocycles. The lowest BCUT2D eigenvalue weighted by Gasteiger charge is -2.12. The Balaban J connectivity index is 2.68. The SMILES string of the molecule is COc1ccc(S(=O)(=O)NCCC(=O)N[C@@H](C)CN)cc1OC. The summed E-state index contributed by atoms with van der Waals surface area (Å²) in [5.41, 5.74) is 5.40. The molecule has 9 heteroatoms. The van der Waals surface area contributed by atoms with E-state index in [1.165, 1.54) is 32.4 Å². The molecule has 23 heavy (non-hydrogen) atoms. The van der Waals surface area contributed by atoms with Crippen molar-refractivity contribution < 1.29 is 22.7 Å². The molecule has 0 unspecified atom stereocenters. The van der Waals surface area contributed by atoms with Gasteiger partial charge in [-0.3, -0.25) is 4.79 Å². The molecule has 0 radical (unpaired) electrons. The van der Waals surface area contributed by atoms with Gasteiger partial charge in [0, 0.05) is 31.6 Å². The maximum atomic E-state index is 12.2. The number of nitrogens with one attached hydrogen (secondary N) is 2. The maximum absolute atomic E-state index is 12.2. The van der Waals surface area contributed by atoms with Gasteiger partial charge in [-0.15, -0.1) is 0 Å². The van der Waals surface area contributed by atoms with Gasteiger partial charge in [-0.05, 0) is 19.1 Å². The van der Waals surface area contributed by atoms with Crippen molar-refractivity contribution in [2.75, 3.05) is 27.3 Å². The van der Waals surface area contributed by atoms with Crippen LogP contribution in [-0.2, 0) is 14.8 Å². The van der Waals surface area contributed by atoms with E-state index in [9.17, 15) is 13.2 Å². The van der Waals surface area contributed by atoms with Gasteiger partial charge >= 0.3 is 0 Å². The Bertz CT molecular complexity index is 633. The van der Waals surface area contributed by atoms with Crippen molar-refractivity contribution in [3.8, 4) is 11.5 Å². The predicted octanol–water partition coefficient (Wildman–Crippen LogP) is -0.164. The van der Waals surface area contributed by atoms with Crippen molar-refractivity contribution in [2.45, 2.75) is 24.3 Å². The van der Waals surface area contributed by atoms with Crippen molar-refractivity contribution in [2.24, 2.45) is 5.73 Å². The number of ether oxygens (including phenoxy) is 2. The lowest BCUT2D eigenvalue weighted by molar-refractivity contribution is -0.121. The highest BCUT2D eigenvalue weighted by Crippen LogP contribution is 2.29. The van der Waals surface area contributed by atoms with Crippen LogP contribution in [0.3, 0.4) is 0 Å². The molecule has 1 amide bonds. The Morgan fingerprint density at radius 2 is 1.91 bits per heavy atom. The summed E-state index contributed by atoms with van der Waals surface area (Å²) >= 11 is 0. The zero-order chi connectivity index (χ0) is 17.5. The van der Waals surface area contributed by atoms with E-state index < -0.39 is 10.0 Å². The number of methoxy groups -OCH3 is 2. The highest BCUT2D eigenvalue weighted by atomic mass is 32.2. The number of benzene rings is 1. The molecule has 0 fully saturated rings. The monoisotopic (exact) mass is 345 g/mol. The minimum absolute atomic E-state index is 0.0141. The molecular weight excluding hydrogens is 322 g/mol. The molecule has 0 aliphatic heterocycles. The van der Waals surface area contributed by atoms with Crippen molar-refractivity contribution in [1.29, 1.82) is 0 Å². The Labute approximate surface area is 136 Å². The second-order valence-corrected chi connectivity index (χ2v) is 6.64. The molecule has 1 aromatic carbocycles. The van der Waals surface area contributed by atoms with Crippen LogP contribution in [0.5, 0.6) is 11.5 Å². The Kier molecular flexibility index (Phi) is 7.27. The fraction of sp³-hybridized carbons (Fsp3) is 0.500. The number of amides is 1. The normalized spacial score (nSPS) is 12.5.